The quantitative estimate of drug-likeness (QED) is 0.746. The number of benzene rings is 1. The number of morpholine rings is 1. The zero-order chi connectivity index (χ0) is 14.9. The molecule has 0 aromatic heterocycles. The third kappa shape index (κ3) is 5.26. The number of hydrogen-bond acceptors (Lipinski definition) is 4. The number of rotatable bonds is 8. The van der Waals surface area contributed by atoms with Crippen molar-refractivity contribution in [2.24, 2.45) is 0 Å². The van der Waals surface area contributed by atoms with Crippen molar-refractivity contribution < 1.29 is 13.9 Å². The molecule has 2 rings (SSSR count). The Labute approximate surface area is 126 Å². The molecular formula is C16H25FN2O2. The minimum absolute atomic E-state index is 0.156. The summed E-state index contributed by atoms with van der Waals surface area (Å²) >= 11 is 0. The Morgan fingerprint density at radius 1 is 1.33 bits per heavy atom. The number of hydrogen-bond donors (Lipinski definition) is 1. The SMILES string of the molecule is CCOCCCNCc1ccc(F)c(N2CCOCC2)c1. The lowest BCUT2D eigenvalue weighted by Gasteiger charge is -2.29. The van der Waals surface area contributed by atoms with Crippen LogP contribution in [0, 0.1) is 5.82 Å². The molecule has 0 radical (unpaired) electrons. The summed E-state index contributed by atoms with van der Waals surface area (Å²) in [6.45, 7) is 8.04. The van der Waals surface area contributed by atoms with Gasteiger partial charge in [0.1, 0.15) is 5.82 Å². The van der Waals surface area contributed by atoms with Gasteiger partial charge in [0.2, 0.25) is 0 Å². The summed E-state index contributed by atoms with van der Waals surface area (Å²) in [5, 5.41) is 3.36. The molecule has 0 atom stereocenters. The molecule has 0 bridgehead atoms. The first kappa shape index (κ1) is 16.2. The molecule has 1 aliphatic heterocycles. The van der Waals surface area contributed by atoms with Gasteiger partial charge in [-0.05, 0) is 37.6 Å². The van der Waals surface area contributed by atoms with Gasteiger partial charge in [-0.15, -0.1) is 0 Å². The third-order valence-electron chi connectivity index (χ3n) is 3.54. The van der Waals surface area contributed by atoms with Crippen LogP contribution >= 0.6 is 0 Å². The Morgan fingerprint density at radius 3 is 2.90 bits per heavy atom. The van der Waals surface area contributed by atoms with Crippen LogP contribution in [0.4, 0.5) is 10.1 Å². The Balaban J connectivity index is 1.83. The van der Waals surface area contributed by atoms with E-state index in [-0.39, 0.29) is 5.82 Å². The molecule has 0 aliphatic carbocycles. The molecule has 1 saturated heterocycles. The molecule has 1 N–H and O–H groups in total. The van der Waals surface area contributed by atoms with Crippen LogP contribution in [0.1, 0.15) is 18.9 Å². The summed E-state index contributed by atoms with van der Waals surface area (Å²) < 4.78 is 24.6. The topological polar surface area (TPSA) is 33.7 Å². The van der Waals surface area contributed by atoms with Crippen molar-refractivity contribution in [1.29, 1.82) is 0 Å². The van der Waals surface area contributed by atoms with Crippen LogP contribution in [0.2, 0.25) is 0 Å². The van der Waals surface area contributed by atoms with Gasteiger partial charge in [-0.25, -0.2) is 4.39 Å². The number of halogens is 1. The highest BCUT2D eigenvalue weighted by Gasteiger charge is 2.15. The summed E-state index contributed by atoms with van der Waals surface area (Å²) in [5.41, 5.74) is 1.79. The smallest absolute Gasteiger partial charge is 0.146 e. The van der Waals surface area contributed by atoms with Crippen molar-refractivity contribution in [1.82, 2.24) is 5.32 Å². The van der Waals surface area contributed by atoms with Crippen LogP contribution in [-0.2, 0) is 16.0 Å². The van der Waals surface area contributed by atoms with Gasteiger partial charge in [0, 0.05) is 32.8 Å². The fourth-order valence-corrected chi connectivity index (χ4v) is 2.39. The van der Waals surface area contributed by atoms with Gasteiger partial charge >= 0.3 is 0 Å². The lowest BCUT2D eigenvalue weighted by atomic mass is 10.1. The summed E-state index contributed by atoms with van der Waals surface area (Å²) in [7, 11) is 0. The lowest BCUT2D eigenvalue weighted by molar-refractivity contribution is 0.122. The first-order chi connectivity index (χ1) is 10.3. The van der Waals surface area contributed by atoms with Gasteiger partial charge < -0.3 is 19.7 Å². The van der Waals surface area contributed by atoms with E-state index in [1.807, 2.05) is 19.1 Å². The van der Waals surface area contributed by atoms with Crippen molar-refractivity contribution in [3.8, 4) is 0 Å². The van der Waals surface area contributed by atoms with E-state index >= 15 is 0 Å². The first-order valence-electron chi connectivity index (χ1n) is 7.71. The average molecular weight is 296 g/mol. The molecule has 1 aromatic rings. The van der Waals surface area contributed by atoms with Crippen molar-refractivity contribution in [2.45, 2.75) is 19.9 Å². The monoisotopic (exact) mass is 296 g/mol. The Kier molecular flexibility index (Phi) is 6.92. The molecule has 1 aliphatic rings. The van der Waals surface area contributed by atoms with Gasteiger partial charge in [0.05, 0.1) is 18.9 Å². The maximum absolute atomic E-state index is 14.0. The largest absolute Gasteiger partial charge is 0.382 e. The van der Waals surface area contributed by atoms with Crippen LogP contribution in [0.15, 0.2) is 18.2 Å². The van der Waals surface area contributed by atoms with Crippen LogP contribution in [0.5, 0.6) is 0 Å². The van der Waals surface area contributed by atoms with E-state index in [2.05, 4.69) is 10.2 Å². The minimum Gasteiger partial charge on any atom is -0.382 e. The van der Waals surface area contributed by atoms with Crippen LogP contribution in [0.25, 0.3) is 0 Å². The van der Waals surface area contributed by atoms with E-state index in [1.165, 1.54) is 0 Å². The van der Waals surface area contributed by atoms with Crippen LogP contribution < -0.4 is 10.2 Å². The number of anilines is 1. The molecule has 1 fully saturated rings. The Hall–Kier alpha value is -1.17. The first-order valence-corrected chi connectivity index (χ1v) is 7.71. The minimum atomic E-state index is -0.156. The van der Waals surface area contributed by atoms with E-state index in [0.717, 1.165) is 51.4 Å². The highest BCUT2D eigenvalue weighted by Crippen LogP contribution is 2.22. The van der Waals surface area contributed by atoms with E-state index in [9.17, 15) is 4.39 Å². The molecular weight excluding hydrogens is 271 g/mol. The second-order valence-corrected chi connectivity index (χ2v) is 5.11. The maximum Gasteiger partial charge on any atom is 0.146 e. The average Bonchev–Trinajstić information content (AvgIpc) is 2.53. The molecule has 1 heterocycles. The standard InChI is InChI=1S/C16H25FN2O2/c1-2-20-9-3-6-18-13-14-4-5-15(17)16(12-14)19-7-10-21-11-8-19/h4-5,12,18H,2-3,6-11,13H2,1H3. The molecule has 0 unspecified atom stereocenters. The van der Waals surface area contributed by atoms with Gasteiger partial charge in [-0.3, -0.25) is 0 Å². The van der Waals surface area contributed by atoms with E-state index in [0.29, 0.717) is 18.9 Å². The molecule has 4 nitrogen and oxygen atoms in total. The zero-order valence-corrected chi connectivity index (χ0v) is 12.7. The number of ether oxygens (including phenoxy) is 2. The number of nitrogens with zero attached hydrogens (tertiary/aromatic N) is 1. The van der Waals surface area contributed by atoms with Crippen molar-refractivity contribution in [3.63, 3.8) is 0 Å². The summed E-state index contributed by atoms with van der Waals surface area (Å²) in [4.78, 5) is 2.05. The van der Waals surface area contributed by atoms with Crippen LogP contribution in [0.3, 0.4) is 0 Å². The van der Waals surface area contributed by atoms with E-state index in [4.69, 9.17) is 9.47 Å². The third-order valence-corrected chi connectivity index (χ3v) is 3.54. The highest BCUT2D eigenvalue weighted by atomic mass is 19.1. The molecule has 21 heavy (non-hydrogen) atoms. The Morgan fingerprint density at radius 2 is 2.14 bits per heavy atom. The zero-order valence-electron chi connectivity index (χ0n) is 12.7. The van der Waals surface area contributed by atoms with Crippen molar-refractivity contribution >= 4 is 5.69 Å². The molecule has 1 aromatic carbocycles. The molecule has 0 amide bonds. The summed E-state index contributed by atoms with van der Waals surface area (Å²) in [6, 6.07) is 5.34. The fourth-order valence-electron chi connectivity index (χ4n) is 2.39. The maximum atomic E-state index is 14.0. The van der Waals surface area contributed by atoms with Crippen molar-refractivity contribution in [3.05, 3.63) is 29.6 Å². The van der Waals surface area contributed by atoms with Gasteiger partial charge in [-0.1, -0.05) is 6.07 Å². The summed E-state index contributed by atoms with van der Waals surface area (Å²) in [5.74, 6) is -0.156. The molecule has 118 valence electrons. The second-order valence-electron chi connectivity index (χ2n) is 5.11. The van der Waals surface area contributed by atoms with E-state index < -0.39 is 0 Å². The summed E-state index contributed by atoms with van der Waals surface area (Å²) in [6.07, 6.45) is 0.991. The van der Waals surface area contributed by atoms with Gasteiger partial charge in [0.25, 0.3) is 0 Å². The number of nitrogens with one attached hydrogen (secondary N) is 1. The normalized spacial score (nSPS) is 15.4. The molecule has 0 saturated carbocycles. The molecule has 5 heteroatoms. The lowest BCUT2D eigenvalue weighted by Crippen LogP contribution is -2.36. The Bertz CT molecular complexity index is 423. The van der Waals surface area contributed by atoms with Crippen LogP contribution in [-0.4, -0.2) is 46.1 Å². The van der Waals surface area contributed by atoms with Gasteiger partial charge in [0.15, 0.2) is 0 Å². The second kappa shape index (κ2) is 8.97. The van der Waals surface area contributed by atoms with Crippen molar-refractivity contribution in [2.75, 3.05) is 51.0 Å². The highest BCUT2D eigenvalue weighted by molar-refractivity contribution is 5.50. The predicted molar refractivity (Wildman–Crippen MR) is 82.2 cm³/mol. The fraction of sp³-hybridized carbons (Fsp3) is 0.625. The van der Waals surface area contributed by atoms with Gasteiger partial charge in [-0.2, -0.15) is 0 Å². The molecule has 0 spiro atoms. The van der Waals surface area contributed by atoms with E-state index in [1.54, 1.807) is 6.07 Å². The predicted octanol–water partition coefficient (Wildman–Crippen LogP) is 2.18.